The third-order valence-corrected chi connectivity index (χ3v) is 3.22. The van der Waals surface area contributed by atoms with E-state index >= 15 is 0 Å². The Hall–Kier alpha value is -1.06. The van der Waals surface area contributed by atoms with Crippen LogP contribution in [0.25, 0.3) is 0 Å². The Morgan fingerprint density at radius 3 is 2.21 bits per heavy atom. The smallest absolute Gasteiger partial charge is 0.309 e. The van der Waals surface area contributed by atoms with Gasteiger partial charge in [-0.25, -0.2) is 0 Å². The van der Waals surface area contributed by atoms with Gasteiger partial charge in [0.2, 0.25) is 5.91 Å². The largest absolute Gasteiger partial charge is 0.481 e. The number of nitrogens with one attached hydrogen (secondary N) is 1. The zero-order valence-corrected chi connectivity index (χ0v) is 8.67. The van der Waals surface area contributed by atoms with Crippen LogP contribution in [0.4, 0.5) is 0 Å². The molecule has 1 saturated carbocycles. The average molecular weight is 199 g/mol. The van der Waals surface area contributed by atoms with Gasteiger partial charge < -0.3 is 10.4 Å². The highest BCUT2D eigenvalue weighted by Gasteiger charge is 2.39. The first-order valence-electron chi connectivity index (χ1n) is 4.94. The quantitative estimate of drug-likeness (QED) is 0.697. The Morgan fingerprint density at radius 1 is 1.36 bits per heavy atom. The zero-order chi connectivity index (χ0) is 10.8. The van der Waals surface area contributed by atoms with Gasteiger partial charge in [0.15, 0.2) is 0 Å². The second-order valence-electron chi connectivity index (χ2n) is 4.25. The van der Waals surface area contributed by atoms with Crippen LogP contribution < -0.4 is 5.32 Å². The molecule has 4 nitrogen and oxygen atoms in total. The summed E-state index contributed by atoms with van der Waals surface area (Å²) in [5.74, 6) is -0.697. The highest BCUT2D eigenvalue weighted by molar-refractivity contribution is 5.79. The first kappa shape index (κ1) is 11.0. The Morgan fingerprint density at radius 2 is 1.86 bits per heavy atom. The fraction of sp³-hybridized carbons (Fsp3) is 0.800. The summed E-state index contributed by atoms with van der Waals surface area (Å²) >= 11 is 0. The highest BCUT2D eigenvalue weighted by atomic mass is 16.4. The van der Waals surface area contributed by atoms with Crippen LogP contribution in [0.1, 0.15) is 32.6 Å². The molecule has 4 heteroatoms. The van der Waals surface area contributed by atoms with Crippen LogP contribution in [0.2, 0.25) is 0 Å². The molecule has 2 N–H and O–H groups in total. The molecule has 0 radical (unpaired) electrons. The van der Waals surface area contributed by atoms with Crippen LogP contribution in [-0.2, 0) is 9.59 Å². The third-order valence-electron chi connectivity index (χ3n) is 3.22. The molecule has 1 fully saturated rings. The summed E-state index contributed by atoms with van der Waals surface area (Å²) in [4.78, 5) is 22.2. The van der Waals surface area contributed by atoms with Crippen molar-refractivity contribution in [1.82, 2.24) is 5.32 Å². The first-order valence-corrected chi connectivity index (χ1v) is 4.94. The molecule has 1 aliphatic carbocycles. The molecule has 0 saturated heterocycles. The Bertz CT molecular complexity index is 242. The molecule has 0 aromatic rings. The normalized spacial score (nSPS) is 32.3. The van der Waals surface area contributed by atoms with E-state index in [0.717, 1.165) is 0 Å². The summed E-state index contributed by atoms with van der Waals surface area (Å²) in [5, 5.41) is 11.6. The van der Waals surface area contributed by atoms with Gasteiger partial charge in [0.25, 0.3) is 0 Å². The lowest BCUT2D eigenvalue weighted by molar-refractivity contribution is -0.151. The van der Waals surface area contributed by atoms with Crippen molar-refractivity contribution in [1.29, 1.82) is 0 Å². The second-order valence-corrected chi connectivity index (χ2v) is 4.25. The minimum atomic E-state index is -0.743. The molecule has 80 valence electrons. The van der Waals surface area contributed by atoms with E-state index < -0.39 is 11.4 Å². The molecule has 0 atom stereocenters. The second kappa shape index (κ2) is 3.98. The number of carboxylic acid groups (broad SMARTS) is 1. The van der Waals surface area contributed by atoms with E-state index in [1.54, 1.807) is 14.0 Å². The van der Waals surface area contributed by atoms with E-state index in [4.69, 9.17) is 5.11 Å². The summed E-state index contributed by atoms with van der Waals surface area (Å²) in [5.41, 5.74) is -0.621. The molecule has 0 bridgehead atoms. The lowest BCUT2D eigenvalue weighted by atomic mass is 9.71. The standard InChI is InChI=1S/C10H17NO3/c1-10(9(13)14)5-3-7(4-6-10)8(12)11-2/h7H,3-6H2,1-2H3,(H,11,12)(H,13,14). The maximum atomic E-state index is 11.3. The van der Waals surface area contributed by atoms with Crippen LogP contribution >= 0.6 is 0 Å². The van der Waals surface area contributed by atoms with Gasteiger partial charge in [-0.15, -0.1) is 0 Å². The molecular formula is C10H17NO3. The molecule has 0 heterocycles. The van der Waals surface area contributed by atoms with E-state index in [1.807, 2.05) is 0 Å². The number of aliphatic carboxylic acids is 1. The number of amides is 1. The number of hydrogen-bond donors (Lipinski definition) is 2. The molecule has 0 aromatic heterocycles. The van der Waals surface area contributed by atoms with Crippen molar-refractivity contribution in [3.05, 3.63) is 0 Å². The maximum absolute atomic E-state index is 11.3. The molecule has 1 rings (SSSR count). The van der Waals surface area contributed by atoms with Gasteiger partial charge >= 0.3 is 5.97 Å². The van der Waals surface area contributed by atoms with Gasteiger partial charge in [-0.3, -0.25) is 9.59 Å². The van der Waals surface area contributed by atoms with E-state index in [9.17, 15) is 9.59 Å². The van der Waals surface area contributed by atoms with Crippen molar-refractivity contribution in [2.75, 3.05) is 7.05 Å². The van der Waals surface area contributed by atoms with Crippen molar-refractivity contribution in [2.24, 2.45) is 11.3 Å². The summed E-state index contributed by atoms with van der Waals surface area (Å²) in [7, 11) is 1.62. The van der Waals surface area contributed by atoms with Crippen LogP contribution in [0.3, 0.4) is 0 Å². The maximum Gasteiger partial charge on any atom is 0.309 e. The van der Waals surface area contributed by atoms with E-state index in [1.165, 1.54) is 0 Å². The van der Waals surface area contributed by atoms with Crippen LogP contribution in [0.15, 0.2) is 0 Å². The minimum absolute atomic E-state index is 0.00687. The van der Waals surface area contributed by atoms with Crippen LogP contribution in [-0.4, -0.2) is 24.0 Å². The topological polar surface area (TPSA) is 66.4 Å². The number of hydrogen-bond acceptors (Lipinski definition) is 2. The van der Waals surface area contributed by atoms with Crippen molar-refractivity contribution in [3.8, 4) is 0 Å². The average Bonchev–Trinajstić information content (AvgIpc) is 2.17. The summed E-state index contributed by atoms with van der Waals surface area (Å²) in [6.07, 6.45) is 2.56. The highest BCUT2D eigenvalue weighted by Crippen LogP contribution is 2.38. The van der Waals surface area contributed by atoms with Gasteiger partial charge in [0, 0.05) is 13.0 Å². The van der Waals surface area contributed by atoms with Gasteiger partial charge in [-0.1, -0.05) is 0 Å². The molecule has 0 aromatic carbocycles. The van der Waals surface area contributed by atoms with E-state index in [-0.39, 0.29) is 11.8 Å². The number of carbonyl (C=O) groups excluding carboxylic acids is 1. The molecule has 0 aliphatic heterocycles. The molecular weight excluding hydrogens is 182 g/mol. The van der Waals surface area contributed by atoms with Gasteiger partial charge in [-0.2, -0.15) is 0 Å². The molecule has 0 spiro atoms. The van der Waals surface area contributed by atoms with E-state index in [2.05, 4.69) is 5.32 Å². The van der Waals surface area contributed by atoms with Gasteiger partial charge in [0.05, 0.1) is 5.41 Å². The Kier molecular flexibility index (Phi) is 3.13. The van der Waals surface area contributed by atoms with Crippen molar-refractivity contribution in [2.45, 2.75) is 32.6 Å². The van der Waals surface area contributed by atoms with Gasteiger partial charge in [-0.05, 0) is 32.6 Å². The summed E-state index contributed by atoms with van der Waals surface area (Å²) in [6.45, 7) is 1.76. The molecule has 1 aliphatic rings. The number of rotatable bonds is 2. The first-order chi connectivity index (χ1) is 6.49. The zero-order valence-electron chi connectivity index (χ0n) is 8.67. The monoisotopic (exact) mass is 199 g/mol. The lowest BCUT2D eigenvalue weighted by Gasteiger charge is -2.32. The lowest BCUT2D eigenvalue weighted by Crippen LogP contribution is -2.37. The van der Waals surface area contributed by atoms with Crippen molar-refractivity contribution >= 4 is 11.9 Å². The van der Waals surface area contributed by atoms with Crippen LogP contribution in [0, 0.1) is 11.3 Å². The SMILES string of the molecule is CNC(=O)C1CCC(C)(C(=O)O)CC1. The summed E-state index contributed by atoms with van der Waals surface area (Å²) in [6, 6.07) is 0. The predicted molar refractivity (Wildman–Crippen MR) is 51.8 cm³/mol. The van der Waals surface area contributed by atoms with E-state index in [0.29, 0.717) is 25.7 Å². The van der Waals surface area contributed by atoms with Crippen molar-refractivity contribution < 1.29 is 14.7 Å². The summed E-state index contributed by atoms with van der Waals surface area (Å²) < 4.78 is 0. The Labute approximate surface area is 83.7 Å². The minimum Gasteiger partial charge on any atom is -0.481 e. The molecule has 0 unspecified atom stereocenters. The molecule has 1 amide bonds. The molecule has 14 heavy (non-hydrogen) atoms. The van der Waals surface area contributed by atoms with Gasteiger partial charge in [0.1, 0.15) is 0 Å². The number of carbonyl (C=O) groups is 2. The predicted octanol–water partition coefficient (Wildman–Crippen LogP) is 1.01. The Balaban J connectivity index is 2.54. The number of carboxylic acids is 1. The fourth-order valence-electron chi connectivity index (χ4n) is 1.94. The fourth-order valence-corrected chi connectivity index (χ4v) is 1.94. The van der Waals surface area contributed by atoms with Crippen molar-refractivity contribution in [3.63, 3.8) is 0 Å². The van der Waals surface area contributed by atoms with Crippen LogP contribution in [0.5, 0.6) is 0 Å². The third kappa shape index (κ3) is 2.05.